The third-order valence-corrected chi connectivity index (χ3v) is 4.18. The summed E-state index contributed by atoms with van der Waals surface area (Å²) in [4.78, 5) is 14.9. The molecule has 0 bridgehead atoms. The Balaban J connectivity index is 1.88. The van der Waals surface area contributed by atoms with Gasteiger partial charge in [-0.1, -0.05) is 37.3 Å². The van der Waals surface area contributed by atoms with Crippen molar-refractivity contribution in [3.05, 3.63) is 72.1 Å². The minimum Gasteiger partial charge on any atom is -0.353 e. The predicted octanol–water partition coefficient (Wildman–Crippen LogP) is 4.23. The van der Waals surface area contributed by atoms with Crippen LogP contribution in [0.2, 0.25) is 0 Å². The maximum Gasteiger partial charge on any atom is 0.254 e. The van der Waals surface area contributed by atoms with E-state index < -0.39 is 0 Å². The van der Waals surface area contributed by atoms with E-state index in [4.69, 9.17) is 0 Å². The lowest BCUT2D eigenvalue weighted by Gasteiger charge is -2.23. The summed E-state index contributed by atoms with van der Waals surface area (Å²) >= 11 is 0. The number of rotatable bonds is 5. The van der Waals surface area contributed by atoms with Gasteiger partial charge in [0.2, 0.25) is 0 Å². The van der Waals surface area contributed by atoms with Gasteiger partial charge in [-0.3, -0.25) is 4.79 Å². The van der Waals surface area contributed by atoms with Crippen LogP contribution >= 0.6 is 0 Å². The van der Waals surface area contributed by atoms with Gasteiger partial charge in [0, 0.05) is 31.0 Å². The summed E-state index contributed by atoms with van der Waals surface area (Å²) in [5.74, 6) is 0.0961. The number of fused-ring (bicyclic) bond motifs is 1. The zero-order valence-corrected chi connectivity index (χ0v) is 13.7. The molecular weight excluding hydrogens is 284 g/mol. The molecule has 0 atom stereocenters. The van der Waals surface area contributed by atoms with Gasteiger partial charge in [-0.2, -0.15) is 0 Å². The van der Waals surface area contributed by atoms with E-state index in [1.807, 2.05) is 60.6 Å². The van der Waals surface area contributed by atoms with E-state index in [-0.39, 0.29) is 5.91 Å². The molecule has 118 valence electrons. The maximum absolute atomic E-state index is 12.9. The monoisotopic (exact) mass is 306 g/mol. The molecule has 23 heavy (non-hydrogen) atoms. The van der Waals surface area contributed by atoms with Gasteiger partial charge >= 0.3 is 0 Å². The van der Waals surface area contributed by atoms with Gasteiger partial charge in [0.05, 0.1) is 6.54 Å². The Labute approximate surface area is 137 Å². The van der Waals surface area contributed by atoms with E-state index in [0.29, 0.717) is 6.54 Å². The summed E-state index contributed by atoms with van der Waals surface area (Å²) in [6, 6.07) is 18.2. The normalized spacial score (nSPS) is 10.9. The van der Waals surface area contributed by atoms with E-state index in [1.165, 1.54) is 0 Å². The fourth-order valence-electron chi connectivity index (χ4n) is 2.88. The van der Waals surface area contributed by atoms with Gasteiger partial charge in [-0.05, 0) is 41.5 Å². The fraction of sp³-hybridized carbons (Fsp3) is 0.250. The van der Waals surface area contributed by atoms with Crippen LogP contribution in [0.4, 0.5) is 0 Å². The van der Waals surface area contributed by atoms with Gasteiger partial charge in [0.1, 0.15) is 0 Å². The Hall–Kier alpha value is -2.55. The van der Waals surface area contributed by atoms with Crippen LogP contribution in [0.3, 0.4) is 0 Å². The van der Waals surface area contributed by atoms with Crippen LogP contribution in [0.1, 0.15) is 29.4 Å². The highest BCUT2D eigenvalue weighted by Crippen LogP contribution is 2.18. The van der Waals surface area contributed by atoms with Gasteiger partial charge in [-0.25, -0.2) is 0 Å². The summed E-state index contributed by atoms with van der Waals surface area (Å²) in [6.07, 6.45) is 2.96. The third-order valence-electron chi connectivity index (χ3n) is 4.18. The van der Waals surface area contributed by atoms with Crippen molar-refractivity contribution in [2.24, 2.45) is 7.05 Å². The summed E-state index contributed by atoms with van der Waals surface area (Å²) in [6.45, 7) is 3.51. The number of hydrogen-bond acceptors (Lipinski definition) is 1. The van der Waals surface area contributed by atoms with E-state index in [1.54, 1.807) is 0 Å². The second kappa shape index (κ2) is 6.69. The first kappa shape index (κ1) is 15.3. The topological polar surface area (TPSA) is 25.2 Å². The molecule has 0 radical (unpaired) electrons. The molecule has 1 aromatic heterocycles. The second-order valence-electron chi connectivity index (χ2n) is 5.90. The Bertz CT molecular complexity index is 819. The summed E-state index contributed by atoms with van der Waals surface area (Å²) in [5, 5.41) is 2.27. The number of amides is 1. The molecular formula is C20H22N2O. The van der Waals surface area contributed by atoms with Gasteiger partial charge in [0.15, 0.2) is 0 Å². The largest absolute Gasteiger partial charge is 0.353 e. The molecule has 3 rings (SSSR count). The Morgan fingerprint density at radius 3 is 2.52 bits per heavy atom. The minimum atomic E-state index is 0.0961. The molecule has 3 aromatic rings. The highest BCUT2D eigenvalue weighted by molar-refractivity contribution is 5.98. The second-order valence-corrected chi connectivity index (χ2v) is 5.90. The summed E-state index contributed by atoms with van der Waals surface area (Å²) in [5.41, 5.74) is 1.90. The fourth-order valence-corrected chi connectivity index (χ4v) is 2.88. The average Bonchev–Trinajstić information content (AvgIpc) is 2.98. The van der Waals surface area contributed by atoms with Crippen molar-refractivity contribution < 1.29 is 4.79 Å². The molecule has 0 saturated carbocycles. The molecule has 0 spiro atoms. The SMILES string of the molecule is CCCN(Cc1cccn1C)C(=O)c1ccc2ccccc2c1. The average molecular weight is 306 g/mol. The zero-order chi connectivity index (χ0) is 16.2. The van der Waals surface area contributed by atoms with Gasteiger partial charge in [-0.15, -0.1) is 0 Å². The first-order valence-corrected chi connectivity index (χ1v) is 8.07. The van der Waals surface area contributed by atoms with Crippen LogP contribution < -0.4 is 0 Å². The number of hydrogen-bond donors (Lipinski definition) is 0. The number of aryl methyl sites for hydroxylation is 1. The quantitative estimate of drug-likeness (QED) is 0.692. The smallest absolute Gasteiger partial charge is 0.254 e. The highest BCUT2D eigenvalue weighted by Gasteiger charge is 2.16. The summed E-state index contributed by atoms with van der Waals surface area (Å²) in [7, 11) is 2.01. The van der Waals surface area contributed by atoms with E-state index >= 15 is 0 Å². The maximum atomic E-state index is 12.9. The molecule has 3 heteroatoms. The lowest BCUT2D eigenvalue weighted by Crippen LogP contribution is -2.32. The zero-order valence-electron chi connectivity index (χ0n) is 13.7. The van der Waals surface area contributed by atoms with Crippen molar-refractivity contribution in [2.75, 3.05) is 6.54 Å². The van der Waals surface area contributed by atoms with Crippen LogP contribution in [0, 0.1) is 0 Å². The molecule has 2 aromatic carbocycles. The number of carbonyl (C=O) groups excluding carboxylic acids is 1. The molecule has 0 saturated heterocycles. The lowest BCUT2D eigenvalue weighted by molar-refractivity contribution is 0.0740. The number of nitrogens with zero attached hydrogens (tertiary/aromatic N) is 2. The van der Waals surface area contributed by atoms with Crippen LogP contribution in [0.25, 0.3) is 10.8 Å². The predicted molar refractivity (Wildman–Crippen MR) is 94.4 cm³/mol. The van der Waals surface area contributed by atoms with Crippen LogP contribution in [0.5, 0.6) is 0 Å². The van der Waals surface area contributed by atoms with Crippen LogP contribution in [-0.4, -0.2) is 21.9 Å². The molecule has 0 fully saturated rings. The first-order valence-electron chi connectivity index (χ1n) is 8.07. The Morgan fingerprint density at radius 1 is 1.04 bits per heavy atom. The molecule has 0 N–H and O–H groups in total. The molecule has 0 aliphatic heterocycles. The van der Waals surface area contributed by atoms with Crippen molar-refractivity contribution in [1.29, 1.82) is 0 Å². The van der Waals surface area contributed by atoms with Crippen molar-refractivity contribution >= 4 is 16.7 Å². The third kappa shape index (κ3) is 3.29. The van der Waals surface area contributed by atoms with Gasteiger partial charge < -0.3 is 9.47 Å². The van der Waals surface area contributed by atoms with Gasteiger partial charge in [0.25, 0.3) is 5.91 Å². The van der Waals surface area contributed by atoms with Crippen molar-refractivity contribution in [3.63, 3.8) is 0 Å². The van der Waals surface area contributed by atoms with E-state index in [2.05, 4.69) is 23.6 Å². The van der Waals surface area contributed by atoms with Crippen molar-refractivity contribution in [3.8, 4) is 0 Å². The molecule has 3 nitrogen and oxygen atoms in total. The van der Waals surface area contributed by atoms with Crippen LogP contribution in [0.15, 0.2) is 60.8 Å². The number of benzene rings is 2. The minimum absolute atomic E-state index is 0.0961. The first-order chi connectivity index (χ1) is 11.2. The molecule has 0 unspecified atom stereocenters. The Kier molecular flexibility index (Phi) is 4.47. The molecule has 1 heterocycles. The van der Waals surface area contributed by atoms with E-state index in [9.17, 15) is 4.79 Å². The number of carbonyl (C=O) groups is 1. The molecule has 1 amide bonds. The number of aromatic nitrogens is 1. The van der Waals surface area contributed by atoms with Crippen molar-refractivity contribution in [2.45, 2.75) is 19.9 Å². The highest BCUT2D eigenvalue weighted by atomic mass is 16.2. The standard InChI is InChI=1S/C20H22N2O/c1-3-12-22(15-19-9-6-13-21(19)2)20(23)18-11-10-16-7-4-5-8-17(16)14-18/h4-11,13-14H,3,12,15H2,1-2H3. The summed E-state index contributed by atoms with van der Waals surface area (Å²) < 4.78 is 2.07. The van der Waals surface area contributed by atoms with Crippen LogP contribution in [-0.2, 0) is 13.6 Å². The molecule has 0 aliphatic rings. The molecule has 0 aliphatic carbocycles. The lowest BCUT2D eigenvalue weighted by atomic mass is 10.1. The van der Waals surface area contributed by atoms with E-state index in [0.717, 1.165) is 35.0 Å². The Morgan fingerprint density at radius 2 is 1.83 bits per heavy atom. The van der Waals surface area contributed by atoms with Crippen molar-refractivity contribution in [1.82, 2.24) is 9.47 Å².